The zero-order chi connectivity index (χ0) is 18.7. The van der Waals surface area contributed by atoms with Crippen molar-refractivity contribution in [1.29, 1.82) is 5.26 Å². The van der Waals surface area contributed by atoms with Crippen molar-refractivity contribution in [3.63, 3.8) is 0 Å². The van der Waals surface area contributed by atoms with Crippen LogP contribution in [-0.2, 0) is 17.7 Å². The van der Waals surface area contributed by atoms with Crippen LogP contribution in [0.2, 0.25) is 0 Å². The van der Waals surface area contributed by atoms with E-state index in [1.54, 1.807) is 17.9 Å². The van der Waals surface area contributed by atoms with Crippen molar-refractivity contribution in [2.45, 2.75) is 26.8 Å². The number of hydrogen-bond donors (Lipinski definition) is 1. The average Bonchev–Trinajstić information content (AvgIpc) is 2.98. The van der Waals surface area contributed by atoms with Crippen molar-refractivity contribution in [2.75, 3.05) is 18.5 Å². The van der Waals surface area contributed by atoms with Gasteiger partial charge in [-0.15, -0.1) is 11.3 Å². The van der Waals surface area contributed by atoms with Crippen molar-refractivity contribution >= 4 is 28.3 Å². The van der Waals surface area contributed by atoms with Gasteiger partial charge in [-0.2, -0.15) is 5.26 Å². The molecular formula is C19H19N3O3S. The number of rotatable bonds is 3. The van der Waals surface area contributed by atoms with Crippen molar-refractivity contribution in [3.8, 4) is 6.07 Å². The minimum Gasteiger partial charge on any atom is -0.450 e. The van der Waals surface area contributed by atoms with Crippen LogP contribution in [0.1, 0.15) is 38.8 Å². The number of nitrogens with zero attached hydrogens (tertiary/aromatic N) is 2. The Bertz CT molecular complexity index is 898. The fourth-order valence-electron chi connectivity index (χ4n) is 2.98. The first-order valence-corrected chi connectivity index (χ1v) is 9.20. The number of ether oxygens (including phenoxy) is 1. The predicted molar refractivity (Wildman–Crippen MR) is 99.3 cm³/mol. The Hall–Kier alpha value is -2.85. The molecule has 0 aliphatic carbocycles. The van der Waals surface area contributed by atoms with Crippen LogP contribution in [0.3, 0.4) is 0 Å². The highest BCUT2D eigenvalue weighted by atomic mass is 32.1. The summed E-state index contributed by atoms with van der Waals surface area (Å²) in [5.41, 5.74) is 2.86. The molecule has 7 heteroatoms. The molecule has 1 aliphatic heterocycles. The van der Waals surface area contributed by atoms with Gasteiger partial charge in [0.05, 0.1) is 18.7 Å². The Labute approximate surface area is 156 Å². The third-order valence-corrected chi connectivity index (χ3v) is 5.44. The number of benzene rings is 1. The summed E-state index contributed by atoms with van der Waals surface area (Å²) < 4.78 is 5.05. The van der Waals surface area contributed by atoms with E-state index >= 15 is 0 Å². The lowest BCUT2D eigenvalue weighted by Crippen LogP contribution is -2.35. The van der Waals surface area contributed by atoms with Crippen LogP contribution >= 0.6 is 11.3 Å². The molecule has 1 N–H and O–H groups in total. The third-order valence-electron chi connectivity index (χ3n) is 4.31. The third kappa shape index (κ3) is 3.41. The Balaban J connectivity index is 1.84. The topological polar surface area (TPSA) is 82.4 Å². The van der Waals surface area contributed by atoms with E-state index in [4.69, 9.17) is 4.74 Å². The highest BCUT2D eigenvalue weighted by Crippen LogP contribution is 2.37. The highest BCUT2D eigenvalue weighted by Gasteiger charge is 2.28. The maximum atomic E-state index is 12.6. The van der Waals surface area contributed by atoms with E-state index in [9.17, 15) is 14.9 Å². The summed E-state index contributed by atoms with van der Waals surface area (Å²) in [5, 5.41) is 13.0. The molecule has 0 unspecified atom stereocenters. The molecular weight excluding hydrogens is 350 g/mol. The molecule has 1 aromatic heterocycles. The molecule has 1 aromatic carbocycles. The maximum absolute atomic E-state index is 12.6. The summed E-state index contributed by atoms with van der Waals surface area (Å²) in [6, 6.07) is 9.52. The molecule has 0 saturated heterocycles. The maximum Gasteiger partial charge on any atom is 0.410 e. The molecule has 26 heavy (non-hydrogen) atoms. The molecule has 0 radical (unpaired) electrons. The number of aryl methyl sites for hydroxylation is 1. The number of fused-ring (bicyclic) bond motifs is 1. The molecule has 0 atom stereocenters. The normalized spacial score (nSPS) is 12.9. The number of anilines is 1. The van der Waals surface area contributed by atoms with E-state index in [1.165, 1.54) is 11.3 Å². The molecule has 0 bridgehead atoms. The van der Waals surface area contributed by atoms with Gasteiger partial charge < -0.3 is 15.0 Å². The van der Waals surface area contributed by atoms with Gasteiger partial charge in [-0.1, -0.05) is 18.2 Å². The summed E-state index contributed by atoms with van der Waals surface area (Å²) in [6.07, 6.45) is 0.226. The smallest absolute Gasteiger partial charge is 0.410 e. The fourth-order valence-corrected chi connectivity index (χ4v) is 4.19. The quantitative estimate of drug-likeness (QED) is 0.894. The van der Waals surface area contributed by atoms with E-state index in [-0.39, 0.29) is 12.0 Å². The Morgan fingerprint density at radius 3 is 2.85 bits per heavy atom. The number of carbonyl (C=O) groups excluding carboxylic acids is 2. The number of amides is 2. The number of hydrogen-bond acceptors (Lipinski definition) is 5. The first-order chi connectivity index (χ1) is 12.5. The molecule has 0 spiro atoms. The van der Waals surface area contributed by atoms with Gasteiger partial charge in [0.25, 0.3) is 5.91 Å². The van der Waals surface area contributed by atoms with Gasteiger partial charge in [0.15, 0.2) is 0 Å². The summed E-state index contributed by atoms with van der Waals surface area (Å²) in [7, 11) is 0. The first kappa shape index (κ1) is 18.0. The molecule has 2 heterocycles. The lowest BCUT2D eigenvalue weighted by atomic mass is 10.0. The van der Waals surface area contributed by atoms with Crippen molar-refractivity contribution in [3.05, 3.63) is 51.4 Å². The lowest BCUT2D eigenvalue weighted by molar-refractivity contribution is 0.102. The van der Waals surface area contributed by atoms with E-state index < -0.39 is 0 Å². The second kappa shape index (κ2) is 7.58. The summed E-state index contributed by atoms with van der Waals surface area (Å²) in [4.78, 5) is 27.1. The van der Waals surface area contributed by atoms with Gasteiger partial charge in [0.1, 0.15) is 11.1 Å². The summed E-state index contributed by atoms with van der Waals surface area (Å²) in [5.74, 6) is -0.236. The van der Waals surface area contributed by atoms with Crippen LogP contribution < -0.4 is 5.32 Å². The van der Waals surface area contributed by atoms with E-state index in [0.717, 1.165) is 16.0 Å². The van der Waals surface area contributed by atoms with E-state index in [0.29, 0.717) is 42.2 Å². The second-order valence-corrected chi connectivity index (χ2v) is 7.06. The average molecular weight is 369 g/mol. The number of nitriles is 1. The Morgan fingerprint density at radius 2 is 2.15 bits per heavy atom. The largest absolute Gasteiger partial charge is 0.450 e. The standard InChI is InChI=1S/C19H19N3O3S/c1-3-25-19(24)22-9-8-14-15(10-20)18(26-16(14)11-22)21-17(23)13-7-5-4-6-12(13)2/h4-7H,3,8-9,11H2,1-2H3,(H,21,23). The van der Waals surface area contributed by atoms with Crippen molar-refractivity contribution in [2.24, 2.45) is 0 Å². The van der Waals surface area contributed by atoms with Crippen molar-refractivity contribution in [1.82, 2.24) is 4.90 Å². The monoisotopic (exact) mass is 369 g/mol. The molecule has 0 saturated carbocycles. The number of nitrogens with one attached hydrogen (secondary N) is 1. The second-order valence-electron chi connectivity index (χ2n) is 5.96. The Kier molecular flexibility index (Phi) is 5.24. The first-order valence-electron chi connectivity index (χ1n) is 8.38. The van der Waals surface area contributed by atoms with Gasteiger partial charge in [0, 0.05) is 17.0 Å². The molecule has 6 nitrogen and oxygen atoms in total. The van der Waals surface area contributed by atoms with E-state index in [2.05, 4.69) is 11.4 Å². The minimum absolute atomic E-state index is 0.236. The summed E-state index contributed by atoms with van der Waals surface area (Å²) >= 11 is 1.35. The van der Waals surface area contributed by atoms with Gasteiger partial charge in [0.2, 0.25) is 0 Å². The van der Waals surface area contributed by atoms with Crippen LogP contribution in [0, 0.1) is 18.3 Å². The van der Waals surface area contributed by atoms with Crippen LogP contribution in [-0.4, -0.2) is 30.1 Å². The van der Waals surface area contributed by atoms with Gasteiger partial charge in [-0.05, 0) is 37.5 Å². The molecule has 2 amide bonds. The zero-order valence-corrected chi connectivity index (χ0v) is 15.5. The van der Waals surface area contributed by atoms with Crippen LogP contribution in [0.15, 0.2) is 24.3 Å². The Morgan fingerprint density at radius 1 is 1.38 bits per heavy atom. The van der Waals surface area contributed by atoms with Crippen molar-refractivity contribution < 1.29 is 14.3 Å². The number of thiophene rings is 1. The summed E-state index contributed by atoms with van der Waals surface area (Å²) in [6.45, 7) is 4.87. The van der Waals surface area contributed by atoms with Gasteiger partial charge in [-0.25, -0.2) is 4.79 Å². The van der Waals surface area contributed by atoms with Crippen LogP contribution in [0.25, 0.3) is 0 Å². The molecule has 134 valence electrons. The minimum atomic E-state index is -0.351. The molecule has 0 fully saturated rings. The SMILES string of the molecule is CCOC(=O)N1CCc2c(sc(NC(=O)c3ccccc3C)c2C#N)C1. The molecule has 1 aliphatic rings. The predicted octanol–water partition coefficient (Wildman–Crippen LogP) is 3.70. The number of carbonyl (C=O) groups is 2. The lowest BCUT2D eigenvalue weighted by Gasteiger charge is -2.25. The fraction of sp³-hybridized carbons (Fsp3) is 0.316. The van der Waals surface area contributed by atoms with Gasteiger partial charge in [-0.3, -0.25) is 4.79 Å². The highest BCUT2D eigenvalue weighted by molar-refractivity contribution is 7.16. The van der Waals surface area contributed by atoms with Gasteiger partial charge >= 0.3 is 6.09 Å². The zero-order valence-electron chi connectivity index (χ0n) is 14.7. The van der Waals surface area contributed by atoms with Crippen LogP contribution in [0.5, 0.6) is 0 Å². The van der Waals surface area contributed by atoms with Crippen LogP contribution in [0.4, 0.5) is 9.80 Å². The van der Waals surface area contributed by atoms with E-state index in [1.807, 2.05) is 25.1 Å². The molecule has 2 aromatic rings. The molecule has 3 rings (SSSR count).